The van der Waals surface area contributed by atoms with Gasteiger partial charge in [-0.1, -0.05) is 0 Å². The Labute approximate surface area is 97.8 Å². The van der Waals surface area contributed by atoms with Crippen LogP contribution in [0, 0.1) is 0 Å². The molecule has 1 atom stereocenters. The lowest BCUT2D eigenvalue weighted by molar-refractivity contribution is -0.173. The summed E-state index contributed by atoms with van der Waals surface area (Å²) in [4.78, 5) is 0. The van der Waals surface area contributed by atoms with Crippen molar-refractivity contribution in [1.29, 1.82) is 0 Å². The molecule has 1 aromatic heterocycles. The van der Waals surface area contributed by atoms with E-state index >= 15 is 0 Å². The number of aromatic nitrogens is 2. The first-order valence-electron chi connectivity index (χ1n) is 5.26. The molecule has 0 aromatic carbocycles. The van der Waals surface area contributed by atoms with Gasteiger partial charge in [0.25, 0.3) is 0 Å². The molecule has 0 bridgehead atoms. The van der Waals surface area contributed by atoms with Crippen LogP contribution in [-0.2, 0) is 11.8 Å². The Morgan fingerprint density at radius 3 is 2.76 bits per heavy atom. The highest BCUT2D eigenvalue weighted by Gasteiger charge is 2.27. The molecule has 0 aliphatic carbocycles. The summed E-state index contributed by atoms with van der Waals surface area (Å²) in [6, 6.07) is 1.88. The summed E-state index contributed by atoms with van der Waals surface area (Å²) < 4.78 is 41.5. The lowest BCUT2D eigenvalue weighted by Crippen LogP contribution is -2.27. The van der Waals surface area contributed by atoms with Crippen LogP contribution >= 0.6 is 0 Å². The van der Waals surface area contributed by atoms with Crippen LogP contribution in [0.3, 0.4) is 0 Å². The van der Waals surface area contributed by atoms with E-state index in [4.69, 9.17) is 0 Å². The molecule has 0 amide bonds. The van der Waals surface area contributed by atoms with Gasteiger partial charge < -0.3 is 10.1 Å². The quantitative estimate of drug-likeness (QED) is 0.781. The van der Waals surface area contributed by atoms with Gasteiger partial charge in [-0.15, -0.1) is 0 Å². The topological polar surface area (TPSA) is 39.1 Å². The number of nitrogens with one attached hydrogen (secondary N) is 1. The largest absolute Gasteiger partial charge is 0.411 e. The standard InChI is InChI=1S/C10H16F3N3O/c1-8(9-3-4-15-16(9)2)14-5-6-17-7-10(11,12)13/h3-4,8,14H,5-7H2,1-2H3. The van der Waals surface area contributed by atoms with Gasteiger partial charge in [0.1, 0.15) is 6.61 Å². The fourth-order valence-electron chi connectivity index (χ4n) is 1.45. The lowest BCUT2D eigenvalue weighted by Gasteiger charge is -2.14. The number of hydrogen-bond donors (Lipinski definition) is 1. The number of hydrogen-bond acceptors (Lipinski definition) is 3. The highest BCUT2D eigenvalue weighted by Crippen LogP contribution is 2.14. The number of alkyl halides is 3. The van der Waals surface area contributed by atoms with E-state index in [1.54, 1.807) is 10.9 Å². The summed E-state index contributed by atoms with van der Waals surface area (Å²) in [5.74, 6) is 0. The van der Waals surface area contributed by atoms with E-state index < -0.39 is 12.8 Å². The second-order valence-electron chi connectivity index (χ2n) is 3.72. The molecule has 1 rings (SSSR count). The van der Waals surface area contributed by atoms with E-state index in [9.17, 15) is 13.2 Å². The van der Waals surface area contributed by atoms with E-state index in [-0.39, 0.29) is 12.6 Å². The maximum absolute atomic E-state index is 11.8. The van der Waals surface area contributed by atoms with Crippen molar-refractivity contribution < 1.29 is 17.9 Å². The minimum atomic E-state index is -4.26. The van der Waals surface area contributed by atoms with Crippen LogP contribution in [-0.4, -0.2) is 35.7 Å². The normalized spacial score (nSPS) is 13.9. The van der Waals surface area contributed by atoms with E-state index in [0.29, 0.717) is 6.54 Å². The van der Waals surface area contributed by atoms with E-state index in [1.807, 2.05) is 20.0 Å². The third kappa shape index (κ3) is 5.18. The van der Waals surface area contributed by atoms with Crippen molar-refractivity contribution in [2.45, 2.75) is 19.1 Å². The van der Waals surface area contributed by atoms with Crippen molar-refractivity contribution >= 4 is 0 Å². The molecular formula is C10H16F3N3O. The summed E-state index contributed by atoms with van der Waals surface area (Å²) in [6.07, 6.45) is -2.58. The first-order chi connectivity index (χ1) is 7.90. The van der Waals surface area contributed by atoms with Crippen molar-refractivity contribution in [3.05, 3.63) is 18.0 Å². The van der Waals surface area contributed by atoms with Gasteiger partial charge in [0.15, 0.2) is 0 Å². The Bertz CT molecular complexity index is 338. The second-order valence-corrected chi connectivity index (χ2v) is 3.72. The zero-order chi connectivity index (χ0) is 12.9. The minimum Gasteiger partial charge on any atom is -0.371 e. The maximum Gasteiger partial charge on any atom is 0.411 e. The van der Waals surface area contributed by atoms with Gasteiger partial charge >= 0.3 is 6.18 Å². The highest BCUT2D eigenvalue weighted by molar-refractivity contribution is 5.04. The highest BCUT2D eigenvalue weighted by atomic mass is 19.4. The zero-order valence-electron chi connectivity index (χ0n) is 9.79. The third-order valence-corrected chi connectivity index (χ3v) is 2.27. The molecule has 1 unspecified atom stereocenters. The predicted octanol–water partition coefficient (Wildman–Crippen LogP) is 1.65. The van der Waals surface area contributed by atoms with Crippen molar-refractivity contribution in [1.82, 2.24) is 15.1 Å². The molecule has 7 heteroatoms. The van der Waals surface area contributed by atoms with Crippen LogP contribution in [0.25, 0.3) is 0 Å². The Morgan fingerprint density at radius 2 is 2.24 bits per heavy atom. The Balaban J connectivity index is 2.17. The van der Waals surface area contributed by atoms with Gasteiger partial charge in [-0.05, 0) is 13.0 Å². The Hall–Kier alpha value is -1.08. The molecule has 0 radical (unpaired) electrons. The molecule has 1 aromatic rings. The number of halogens is 3. The summed E-state index contributed by atoms with van der Waals surface area (Å²) >= 11 is 0. The average Bonchev–Trinajstić information content (AvgIpc) is 2.62. The van der Waals surface area contributed by atoms with Gasteiger partial charge in [0.05, 0.1) is 12.3 Å². The van der Waals surface area contributed by atoms with Crippen LogP contribution in [0.2, 0.25) is 0 Å². The van der Waals surface area contributed by atoms with Crippen LogP contribution in [0.4, 0.5) is 13.2 Å². The number of rotatable bonds is 6. The molecule has 4 nitrogen and oxygen atoms in total. The van der Waals surface area contributed by atoms with Gasteiger partial charge in [0, 0.05) is 25.8 Å². The molecule has 0 spiro atoms. The van der Waals surface area contributed by atoms with Gasteiger partial charge in [-0.3, -0.25) is 4.68 Å². The molecule has 0 aliphatic rings. The predicted molar refractivity (Wildman–Crippen MR) is 56.5 cm³/mol. The molecular weight excluding hydrogens is 235 g/mol. The first-order valence-corrected chi connectivity index (χ1v) is 5.26. The van der Waals surface area contributed by atoms with Gasteiger partial charge in [0.2, 0.25) is 0 Å². The number of ether oxygens (including phenoxy) is 1. The van der Waals surface area contributed by atoms with Gasteiger partial charge in [-0.2, -0.15) is 18.3 Å². The Morgan fingerprint density at radius 1 is 1.53 bits per heavy atom. The molecule has 0 aliphatic heterocycles. The molecule has 0 fully saturated rings. The van der Waals surface area contributed by atoms with Crippen molar-refractivity contribution in [2.24, 2.45) is 7.05 Å². The molecule has 0 saturated heterocycles. The summed E-state index contributed by atoms with van der Waals surface area (Å²) in [7, 11) is 1.81. The summed E-state index contributed by atoms with van der Waals surface area (Å²) in [5.41, 5.74) is 0.973. The van der Waals surface area contributed by atoms with Crippen LogP contribution in [0.5, 0.6) is 0 Å². The smallest absolute Gasteiger partial charge is 0.371 e. The van der Waals surface area contributed by atoms with Crippen molar-refractivity contribution in [3.8, 4) is 0 Å². The number of nitrogens with zero attached hydrogens (tertiary/aromatic N) is 2. The van der Waals surface area contributed by atoms with Crippen molar-refractivity contribution in [3.63, 3.8) is 0 Å². The number of aryl methyl sites for hydroxylation is 1. The fraction of sp³-hybridized carbons (Fsp3) is 0.700. The minimum absolute atomic E-state index is 0.0250. The van der Waals surface area contributed by atoms with Crippen LogP contribution < -0.4 is 5.32 Å². The molecule has 98 valence electrons. The van der Waals surface area contributed by atoms with Gasteiger partial charge in [-0.25, -0.2) is 0 Å². The molecule has 17 heavy (non-hydrogen) atoms. The molecule has 0 saturated carbocycles. The monoisotopic (exact) mass is 251 g/mol. The van der Waals surface area contributed by atoms with E-state index in [0.717, 1.165) is 5.69 Å². The molecule has 1 heterocycles. The van der Waals surface area contributed by atoms with Crippen molar-refractivity contribution in [2.75, 3.05) is 19.8 Å². The average molecular weight is 251 g/mol. The maximum atomic E-state index is 11.8. The second kappa shape index (κ2) is 6.02. The summed E-state index contributed by atoms with van der Waals surface area (Å²) in [6.45, 7) is 1.11. The van der Waals surface area contributed by atoms with E-state index in [1.165, 1.54) is 0 Å². The fourth-order valence-corrected chi connectivity index (χ4v) is 1.45. The zero-order valence-corrected chi connectivity index (χ0v) is 9.79. The first kappa shape index (κ1) is 14.0. The van der Waals surface area contributed by atoms with E-state index in [2.05, 4.69) is 15.2 Å². The third-order valence-electron chi connectivity index (χ3n) is 2.27. The summed E-state index contributed by atoms with van der Waals surface area (Å²) in [5, 5.41) is 7.07. The molecule has 1 N–H and O–H groups in total. The lowest BCUT2D eigenvalue weighted by atomic mass is 10.2. The van der Waals surface area contributed by atoms with Crippen LogP contribution in [0.15, 0.2) is 12.3 Å². The SMILES string of the molecule is CC(NCCOCC(F)(F)F)c1ccnn1C. The Kier molecular flexibility index (Phi) is 4.95. The van der Waals surface area contributed by atoms with Crippen LogP contribution in [0.1, 0.15) is 18.7 Å².